The second-order valence-corrected chi connectivity index (χ2v) is 7.98. The summed E-state index contributed by atoms with van der Waals surface area (Å²) in [4.78, 5) is 0. The van der Waals surface area contributed by atoms with Crippen LogP contribution in [-0.4, -0.2) is 28.0 Å². The highest BCUT2D eigenvalue weighted by molar-refractivity contribution is 5.64. The van der Waals surface area contributed by atoms with Gasteiger partial charge >= 0.3 is 12.4 Å². The van der Waals surface area contributed by atoms with Crippen molar-refractivity contribution in [3.8, 4) is 5.75 Å². The zero-order valence-electron chi connectivity index (χ0n) is 19.0. The number of aromatic hydroxyl groups is 1. The van der Waals surface area contributed by atoms with E-state index >= 15 is 0 Å². The zero-order valence-corrected chi connectivity index (χ0v) is 19.0. The van der Waals surface area contributed by atoms with Crippen LogP contribution in [0.25, 0.3) is 0 Å². The fourth-order valence-corrected chi connectivity index (χ4v) is 3.29. The summed E-state index contributed by atoms with van der Waals surface area (Å²) in [6.45, 7) is -0.200. The van der Waals surface area contributed by atoms with E-state index in [9.17, 15) is 41.7 Å². The van der Waals surface area contributed by atoms with Gasteiger partial charge in [0.1, 0.15) is 5.75 Å². The molecule has 3 rings (SSSR count). The first-order valence-electron chi connectivity index (χ1n) is 10.8. The fraction of sp³-hybridized carbons (Fsp3) is 0.250. The van der Waals surface area contributed by atoms with Crippen molar-refractivity contribution in [1.29, 1.82) is 0 Å². The monoisotopic (exact) mass is 530 g/mol. The molecule has 0 radical (unpaired) electrons. The molecule has 0 aliphatic rings. The van der Waals surface area contributed by atoms with Crippen molar-refractivity contribution in [2.45, 2.75) is 38.1 Å². The number of halogens is 6. The first kappa shape index (κ1) is 28.1. The van der Waals surface area contributed by atoms with Gasteiger partial charge in [0.25, 0.3) is 0 Å². The molecule has 0 aromatic heterocycles. The molecule has 0 saturated carbocycles. The standard InChI is InChI=1S/C24H24F6N4O3/c25-23(26,27)16-5-1-3-14(9-16)12-31-21(36)33-18-7-8-20(35)19(11-18)34-22(37)32-13-15-4-2-6-17(10-15)24(28,29)30/h1-11,21-22,31-37H,12-13H2. The molecular weight excluding hydrogens is 506 g/mol. The number of phenols is 1. The first-order valence-corrected chi connectivity index (χ1v) is 10.8. The Hall–Kier alpha value is -3.52. The highest BCUT2D eigenvalue weighted by Gasteiger charge is 2.31. The van der Waals surface area contributed by atoms with E-state index in [-0.39, 0.29) is 35.8 Å². The van der Waals surface area contributed by atoms with Crippen LogP contribution in [0.15, 0.2) is 66.7 Å². The lowest BCUT2D eigenvalue weighted by atomic mass is 10.1. The third-order valence-electron chi connectivity index (χ3n) is 5.10. The van der Waals surface area contributed by atoms with E-state index in [0.717, 1.165) is 24.3 Å². The molecule has 2 unspecified atom stereocenters. The summed E-state index contributed by atoms with van der Waals surface area (Å²) < 4.78 is 77.0. The number of rotatable bonds is 10. The van der Waals surface area contributed by atoms with Crippen LogP contribution in [0.4, 0.5) is 37.7 Å². The van der Waals surface area contributed by atoms with Gasteiger partial charge in [-0.1, -0.05) is 36.4 Å². The number of phenolic OH excluding ortho intramolecular Hbond substituents is 1. The normalized spacial score (nSPS) is 13.7. The molecule has 2 atom stereocenters. The van der Waals surface area contributed by atoms with Crippen molar-refractivity contribution in [2.75, 3.05) is 10.6 Å². The van der Waals surface area contributed by atoms with Crippen LogP contribution in [0.1, 0.15) is 22.3 Å². The number of hydrogen-bond acceptors (Lipinski definition) is 7. The molecule has 0 fully saturated rings. The van der Waals surface area contributed by atoms with E-state index in [1.54, 1.807) is 0 Å². The van der Waals surface area contributed by atoms with E-state index in [1.165, 1.54) is 42.5 Å². The summed E-state index contributed by atoms with van der Waals surface area (Å²) in [6.07, 6.45) is -11.8. The van der Waals surface area contributed by atoms with Gasteiger partial charge < -0.3 is 26.0 Å². The van der Waals surface area contributed by atoms with Crippen LogP contribution >= 0.6 is 0 Å². The molecule has 0 aliphatic carbocycles. The second kappa shape index (κ2) is 11.7. The molecular formula is C24H24F6N4O3. The Morgan fingerprint density at radius 3 is 1.62 bits per heavy atom. The summed E-state index contributed by atoms with van der Waals surface area (Å²) >= 11 is 0. The van der Waals surface area contributed by atoms with E-state index < -0.39 is 36.2 Å². The number of aliphatic hydroxyl groups excluding tert-OH is 2. The lowest BCUT2D eigenvalue weighted by molar-refractivity contribution is -0.138. The highest BCUT2D eigenvalue weighted by atomic mass is 19.4. The molecule has 3 aromatic carbocycles. The Morgan fingerprint density at radius 2 is 1.14 bits per heavy atom. The van der Waals surface area contributed by atoms with Crippen molar-refractivity contribution in [3.05, 3.63) is 89.0 Å². The van der Waals surface area contributed by atoms with Crippen molar-refractivity contribution >= 4 is 11.4 Å². The van der Waals surface area contributed by atoms with Gasteiger partial charge in [-0.25, -0.2) is 0 Å². The van der Waals surface area contributed by atoms with E-state index in [1.807, 2.05) is 0 Å². The third kappa shape index (κ3) is 8.53. The maximum absolute atomic E-state index is 12.8. The molecule has 0 saturated heterocycles. The van der Waals surface area contributed by atoms with Crippen LogP contribution in [0.5, 0.6) is 5.75 Å². The lowest BCUT2D eigenvalue weighted by Crippen LogP contribution is -2.36. The van der Waals surface area contributed by atoms with Crippen LogP contribution in [0, 0.1) is 0 Å². The zero-order chi connectivity index (χ0) is 27.2. The molecule has 13 heteroatoms. The molecule has 7 N–H and O–H groups in total. The molecule has 0 aliphatic heterocycles. The number of anilines is 2. The molecule has 3 aromatic rings. The first-order chi connectivity index (χ1) is 17.3. The second-order valence-electron chi connectivity index (χ2n) is 7.98. The molecule has 37 heavy (non-hydrogen) atoms. The van der Waals surface area contributed by atoms with Gasteiger partial charge in [-0.15, -0.1) is 0 Å². The molecule has 0 amide bonds. The SMILES string of the molecule is Oc1ccc(NC(O)NCc2cccc(C(F)(F)F)c2)cc1NC(O)NCc1cccc(C(F)(F)F)c1. The Kier molecular flexibility index (Phi) is 8.86. The van der Waals surface area contributed by atoms with E-state index in [2.05, 4.69) is 21.3 Å². The quantitative estimate of drug-likeness (QED) is 0.0902. The Labute approximate surface area is 207 Å². The summed E-state index contributed by atoms with van der Waals surface area (Å²) in [6, 6.07) is 13.2. The van der Waals surface area contributed by atoms with Gasteiger partial charge in [-0.3, -0.25) is 10.6 Å². The van der Waals surface area contributed by atoms with Gasteiger partial charge in [0.05, 0.1) is 16.8 Å². The predicted octanol–water partition coefficient (Wildman–Crippen LogP) is 4.39. The smallest absolute Gasteiger partial charge is 0.416 e. The highest BCUT2D eigenvalue weighted by Crippen LogP contribution is 2.31. The van der Waals surface area contributed by atoms with E-state index in [0.29, 0.717) is 5.56 Å². The summed E-state index contributed by atoms with van der Waals surface area (Å²) in [7, 11) is 0. The van der Waals surface area contributed by atoms with Crippen molar-refractivity contribution < 1.29 is 41.7 Å². The minimum absolute atomic E-state index is 0.0270. The van der Waals surface area contributed by atoms with Crippen molar-refractivity contribution in [1.82, 2.24) is 10.6 Å². The molecule has 7 nitrogen and oxygen atoms in total. The van der Waals surface area contributed by atoms with Crippen LogP contribution < -0.4 is 21.3 Å². The number of benzene rings is 3. The predicted molar refractivity (Wildman–Crippen MR) is 124 cm³/mol. The summed E-state index contributed by atoms with van der Waals surface area (Å²) in [5, 5.41) is 40.7. The lowest BCUT2D eigenvalue weighted by Gasteiger charge is -2.20. The fourth-order valence-electron chi connectivity index (χ4n) is 3.29. The molecule has 0 bridgehead atoms. The van der Waals surface area contributed by atoms with Gasteiger partial charge in [0, 0.05) is 18.8 Å². The number of alkyl halides is 6. The van der Waals surface area contributed by atoms with Gasteiger partial charge in [-0.2, -0.15) is 26.3 Å². The van der Waals surface area contributed by atoms with Crippen LogP contribution in [-0.2, 0) is 25.4 Å². The maximum atomic E-state index is 12.8. The summed E-state index contributed by atoms with van der Waals surface area (Å²) in [5.41, 5.74) is -0.785. The minimum Gasteiger partial charge on any atom is -0.506 e. The molecule has 0 spiro atoms. The largest absolute Gasteiger partial charge is 0.506 e. The molecule has 200 valence electrons. The van der Waals surface area contributed by atoms with Gasteiger partial charge in [-0.05, 0) is 41.5 Å². The Bertz CT molecular complexity index is 1190. The van der Waals surface area contributed by atoms with Crippen LogP contribution in [0.2, 0.25) is 0 Å². The van der Waals surface area contributed by atoms with Gasteiger partial charge in [0.2, 0.25) is 0 Å². The number of aliphatic hydroxyl groups is 2. The van der Waals surface area contributed by atoms with E-state index in [4.69, 9.17) is 0 Å². The average molecular weight is 530 g/mol. The molecule has 0 heterocycles. The minimum atomic E-state index is -4.50. The third-order valence-corrected chi connectivity index (χ3v) is 5.10. The number of hydrogen-bond donors (Lipinski definition) is 7. The maximum Gasteiger partial charge on any atom is 0.416 e. The topological polar surface area (TPSA) is 109 Å². The van der Waals surface area contributed by atoms with Crippen molar-refractivity contribution in [2.24, 2.45) is 0 Å². The van der Waals surface area contributed by atoms with Crippen molar-refractivity contribution in [3.63, 3.8) is 0 Å². The number of nitrogens with one attached hydrogen (secondary N) is 4. The van der Waals surface area contributed by atoms with Crippen LogP contribution in [0.3, 0.4) is 0 Å². The Balaban J connectivity index is 1.54. The Morgan fingerprint density at radius 1 is 0.649 bits per heavy atom. The average Bonchev–Trinajstić information content (AvgIpc) is 2.83. The summed E-state index contributed by atoms with van der Waals surface area (Å²) in [5.74, 6) is -0.267. The van der Waals surface area contributed by atoms with Gasteiger partial charge in [0.15, 0.2) is 12.7 Å².